The van der Waals surface area contributed by atoms with Crippen LogP contribution in [0.5, 0.6) is 0 Å². The molecule has 0 spiro atoms. The van der Waals surface area contributed by atoms with Gasteiger partial charge in [-0.2, -0.15) is 0 Å². The zero-order valence-electron chi connectivity index (χ0n) is 11.5. The summed E-state index contributed by atoms with van der Waals surface area (Å²) in [4.78, 5) is 39.6. The first kappa shape index (κ1) is 17.4. The second kappa shape index (κ2) is 7.98. The van der Waals surface area contributed by atoms with Crippen LogP contribution in [-0.4, -0.2) is 27.2 Å². The van der Waals surface area contributed by atoms with E-state index in [9.17, 15) is 29.8 Å². The molecule has 1 N–H and O–H groups in total. The maximum Gasteiger partial charge on any atom is 0.335 e. The van der Waals surface area contributed by atoms with Gasteiger partial charge in [0.05, 0.1) is 15.4 Å². The first-order valence-corrected chi connectivity index (χ1v) is 6.02. The number of benzene rings is 2. The maximum atomic E-state index is 10.3. The molecule has 0 saturated heterocycles. The third-order valence-electron chi connectivity index (χ3n) is 2.57. The quantitative estimate of drug-likeness (QED) is 0.519. The summed E-state index contributed by atoms with van der Waals surface area (Å²) in [6, 6.07) is 10.1. The van der Waals surface area contributed by atoms with Gasteiger partial charge in [0.15, 0.2) is 0 Å². The average Bonchev–Trinajstić information content (AvgIpc) is 2.55. The van der Waals surface area contributed by atoms with Crippen molar-refractivity contribution in [3.05, 3.63) is 79.9 Å². The monoisotopic (exact) mass is 318 g/mol. The fraction of sp³-hybridized carbons (Fsp3) is 0. The summed E-state index contributed by atoms with van der Waals surface area (Å²) in [6.45, 7) is 0. The van der Waals surface area contributed by atoms with Crippen molar-refractivity contribution in [3.8, 4) is 0 Å². The number of hydrogen-bond donors (Lipinski definition) is 1. The van der Waals surface area contributed by atoms with Crippen molar-refractivity contribution in [3.63, 3.8) is 0 Å². The lowest BCUT2D eigenvalue weighted by molar-refractivity contribution is -0.385. The Bertz CT molecular complexity index is 691. The van der Waals surface area contributed by atoms with E-state index in [1.165, 1.54) is 36.4 Å². The Morgan fingerprint density at radius 3 is 1.57 bits per heavy atom. The Morgan fingerprint density at radius 2 is 1.26 bits per heavy atom. The molecule has 0 radical (unpaired) electrons. The van der Waals surface area contributed by atoms with Crippen LogP contribution in [0.25, 0.3) is 0 Å². The van der Waals surface area contributed by atoms with Crippen LogP contribution in [0, 0.1) is 20.2 Å². The van der Waals surface area contributed by atoms with E-state index in [1.807, 2.05) is 0 Å². The molecule has 0 aliphatic heterocycles. The van der Waals surface area contributed by atoms with Crippen molar-refractivity contribution >= 4 is 23.6 Å². The number of rotatable bonds is 4. The predicted molar refractivity (Wildman–Crippen MR) is 78.5 cm³/mol. The molecule has 2 aromatic carbocycles. The smallest absolute Gasteiger partial charge is 0.335 e. The van der Waals surface area contributed by atoms with Gasteiger partial charge in [0.2, 0.25) is 0 Å². The molecule has 2 rings (SSSR count). The van der Waals surface area contributed by atoms with E-state index in [1.54, 1.807) is 0 Å². The number of carbonyl (C=O) groups is 2. The number of nitro benzene ring substituents is 2. The van der Waals surface area contributed by atoms with E-state index in [-0.39, 0.29) is 16.9 Å². The van der Waals surface area contributed by atoms with Gasteiger partial charge in [0.25, 0.3) is 11.4 Å². The molecule has 9 heteroatoms. The zero-order valence-corrected chi connectivity index (χ0v) is 11.5. The second-order valence-corrected chi connectivity index (χ2v) is 4.08. The summed E-state index contributed by atoms with van der Waals surface area (Å²) in [5, 5.41) is 28.7. The molecule has 0 bridgehead atoms. The van der Waals surface area contributed by atoms with Crippen LogP contribution in [-0.2, 0) is 0 Å². The number of aromatic carboxylic acids is 1. The molecule has 0 heterocycles. The van der Waals surface area contributed by atoms with Crippen molar-refractivity contribution in [1.29, 1.82) is 0 Å². The van der Waals surface area contributed by atoms with Gasteiger partial charge in [0.1, 0.15) is 6.29 Å². The second-order valence-electron chi connectivity index (χ2n) is 4.08. The standard InChI is InChI=1S/C7H5NO4.C7H5NO3/c9-7(10)5-1-3-6(4-2-5)8(11)12;9-5-6-1-3-7(4-2-6)8(10)11/h1-4H,(H,9,10);1-5H. The minimum atomic E-state index is -1.09. The van der Waals surface area contributed by atoms with Crippen LogP contribution < -0.4 is 0 Å². The van der Waals surface area contributed by atoms with Gasteiger partial charge in [-0.3, -0.25) is 25.0 Å². The molecule has 118 valence electrons. The Balaban J connectivity index is 0.000000231. The molecule has 0 atom stereocenters. The number of carboxylic acid groups (broad SMARTS) is 1. The summed E-state index contributed by atoms with van der Waals surface area (Å²) >= 11 is 0. The number of nitro groups is 2. The number of aldehydes is 1. The maximum absolute atomic E-state index is 10.3. The molecule has 9 nitrogen and oxygen atoms in total. The zero-order chi connectivity index (χ0) is 17.4. The highest BCUT2D eigenvalue weighted by atomic mass is 16.6. The summed E-state index contributed by atoms with van der Waals surface area (Å²) < 4.78 is 0. The number of non-ortho nitro benzene ring substituents is 2. The van der Waals surface area contributed by atoms with Crippen LogP contribution in [0.3, 0.4) is 0 Å². The molecule has 0 fully saturated rings. The molecule has 0 aliphatic carbocycles. The molecule has 0 saturated carbocycles. The topological polar surface area (TPSA) is 141 Å². The fourth-order valence-electron chi connectivity index (χ4n) is 1.40. The average molecular weight is 318 g/mol. The molecule has 0 amide bonds. The fourth-order valence-corrected chi connectivity index (χ4v) is 1.40. The molecular formula is C14H10N2O7. The molecule has 0 aromatic heterocycles. The summed E-state index contributed by atoms with van der Waals surface area (Å²) in [5.74, 6) is -1.09. The van der Waals surface area contributed by atoms with E-state index < -0.39 is 15.8 Å². The van der Waals surface area contributed by atoms with E-state index in [4.69, 9.17) is 5.11 Å². The van der Waals surface area contributed by atoms with Crippen molar-refractivity contribution < 1.29 is 24.5 Å². The summed E-state index contributed by atoms with van der Waals surface area (Å²) in [6.07, 6.45) is 0.643. The van der Waals surface area contributed by atoms with Gasteiger partial charge in [-0.15, -0.1) is 0 Å². The largest absolute Gasteiger partial charge is 0.478 e. The minimum absolute atomic E-state index is 0.00407. The Kier molecular flexibility index (Phi) is 6.05. The van der Waals surface area contributed by atoms with Gasteiger partial charge < -0.3 is 5.11 Å². The van der Waals surface area contributed by atoms with E-state index in [0.717, 1.165) is 12.1 Å². The molecule has 0 unspecified atom stereocenters. The van der Waals surface area contributed by atoms with Crippen LogP contribution >= 0.6 is 0 Å². The van der Waals surface area contributed by atoms with Crippen molar-refractivity contribution in [2.75, 3.05) is 0 Å². The third kappa shape index (κ3) is 5.34. The van der Waals surface area contributed by atoms with E-state index in [0.29, 0.717) is 11.8 Å². The van der Waals surface area contributed by atoms with Gasteiger partial charge in [0, 0.05) is 29.8 Å². The third-order valence-corrected chi connectivity index (χ3v) is 2.57. The Hall–Kier alpha value is -3.62. The first-order chi connectivity index (χ1) is 10.8. The van der Waals surface area contributed by atoms with Crippen molar-refractivity contribution in [1.82, 2.24) is 0 Å². The lowest BCUT2D eigenvalue weighted by Gasteiger charge is -1.92. The first-order valence-electron chi connectivity index (χ1n) is 6.02. The van der Waals surface area contributed by atoms with Gasteiger partial charge in [-0.05, 0) is 24.3 Å². The Morgan fingerprint density at radius 1 is 0.870 bits per heavy atom. The SMILES string of the molecule is O=C(O)c1ccc([N+](=O)[O-])cc1.O=Cc1ccc([N+](=O)[O-])cc1. The highest BCUT2D eigenvalue weighted by Gasteiger charge is 2.06. The van der Waals surface area contributed by atoms with Gasteiger partial charge in [-0.25, -0.2) is 4.79 Å². The van der Waals surface area contributed by atoms with Gasteiger partial charge >= 0.3 is 5.97 Å². The number of nitrogens with zero attached hydrogens (tertiary/aromatic N) is 2. The normalized spacial score (nSPS) is 9.22. The number of carbonyl (C=O) groups excluding carboxylic acids is 1. The minimum Gasteiger partial charge on any atom is -0.478 e. The Labute approximate surface area is 129 Å². The lowest BCUT2D eigenvalue weighted by atomic mass is 10.2. The number of carboxylic acids is 1. The van der Waals surface area contributed by atoms with Crippen LogP contribution in [0.15, 0.2) is 48.5 Å². The van der Waals surface area contributed by atoms with E-state index >= 15 is 0 Å². The van der Waals surface area contributed by atoms with Gasteiger partial charge in [-0.1, -0.05) is 0 Å². The lowest BCUT2D eigenvalue weighted by Crippen LogP contribution is -1.96. The predicted octanol–water partition coefficient (Wildman–Crippen LogP) is 2.70. The highest BCUT2D eigenvalue weighted by Crippen LogP contribution is 2.11. The highest BCUT2D eigenvalue weighted by molar-refractivity contribution is 5.87. The van der Waals surface area contributed by atoms with Crippen LogP contribution in [0.1, 0.15) is 20.7 Å². The van der Waals surface area contributed by atoms with Crippen molar-refractivity contribution in [2.24, 2.45) is 0 Å². The molecule has 23 heavy (non-hydrogen) atoms. The van der Waals surface area contributed by atoms with Crippen molar-refractivity contribution in [2.45, 2.75) is 0 Å². The molecule has 0 aliphatic rings. The van der Waals surface area contributed by atoms with Crippen LogP contribution in [0.2, 0.25) is 0 Å². The van der Waals surface area contributed by atoms with Crippen LogP contribution in [0.4, 0.5) is 11.4 Å². The molecular weight excluding hydrogens is 308 g/mol. The summed E-state index contributed by atoms with van der Waals surface area (Å²) in [5.41, 5.74) is 0.367. The summed E-state index contributed by atoms with van der Waals surface area (Å²) in [7, 11) is 0. The number of hydrogen-bond acceptors (Lipinski definition) is 6. The molecule has 2 aromatic rings. The van der Waals surface area contributed by atoms with E-state index in [2.05, 4.69) is 0 Å².